The van der Waals surface area contributed by atoms with Crippen molar-refractivity contribution in [2.45, 2.75) is 25.9 Å². The first kappa shape index (κ1) is 13.2. The first-order valence-electron chi connectivity index (χ1n) is 5.43. The van der Waals surface area contributed by atoms with Crippen LogP contribution in [0.25, 0.3) is 0 Å². The van der Waals surface area contributed by atoms with E-state index >= 15 is 0 Å². The number of nitrogens with two attached hydrogens (primary N) is 1. The minimum absolute atomic E-state index is 0.372. The molecule has 0 bridgehead atoms. The summed E-state index contributed by atoms with van der Waals surface area (Å²) in [6, 6.07) is 6.64. The molecule has 0 saturated heterocycles. The van der Waals surface area contributed by atoms with Gasteiger partial charge in [-0.25, -0.2) is 5.84 Å². The molecule has 1 aromatic carbocycles. The van der Waals surface area contributed by atoms with Crippen LogP contribution in [0.15, 0.2) is 24.3 Å². The first-order valence-corrected chi connectivity index (χ1v) is 5.43. The molecule has 5 heteroatoms. The highest BCUT2D eigenvalue weighted by atomic mass is 16.5. The van der Waals surface area contributed by atoms with Crippen LogP contribution in [0, 0.1) is 0 Å². The van der Waals surface area contributed by atoms with Gasteiger partial charge in [-0.2, -0.15) is 0 Å². The Bertz CT molecular complexity index is 393. The second-order valence-corrected chi connectivity index (χ2v) is 3.59. The summed E-state index contributed by atoms with van der Waals surface area (Å²) in [5.74, 6) is 5.19. The average molecular weight is 236 g/mol. The predicted molar refractivity (Wildman–Crippen MR) is 63.5 cm³/mol. The summed E-state index contributed by atoms with van der Waals surface area (Å²) in [6.07, 6.45) is 1.46. The zero-order valence-electron chi connectivity index (χ0n) is 9.68. The van der Waals surface area contributed by atoms with Crippen LogP contribution in [0.5, 0.6) is 5.75 Å². The number of carbonyl (C=O) groups is 2. The van der Waals surface area contributed by atoms with Crippen molar-refractivity contribution in [3.8, 4) is 5.75 Å². The largest absolute Gasteiger partial charge is 0.481 e. The molecular formula is C12H16N2O3. The van der Waals surface area contributed by atoms with Gasteiger partial charge in [0.2, 0.25) is 0 Å². The zero-order valence-corrected chi connectivity index (χ0v) is 9.68. The molecule has 5 nitrogen and oxygen atoms in total. The quantitative estimate of drug-likeness (QED) is 0.334. The van der Waals surface area contributed by atoms with E-state index in [0.29, 0.717) is 17.7 Å². The number of benzene rings is 1. The number of aldehydes is 1. The molecule has 0 heterocycles. The summed E-state index contributed by atoms with van der Waals surface area (Å²) < 4.78 is 5.50. The fraction of sp³-hybridized carbons (Fsp3) is 0.333. The molecule has 0 spiro atoms. The highest BCUT2D eigenvalue weighted by Gasteiger charge is 2.18. The number of ether oxygens (including phenoxy) is 1. The summed E-state index contributed by atoms with van der Waals surface area (Å²) in [6.45, 7) is 1.95. The molecule has 1 aromatic rings. The van der Waals surface area contributed by atoms with Gasteiger partial charge in [0.05, 0.1) is 0 Å². The van der Waals surface area contributed by atoms with Crippen LogP contribution in [-0.4, -0.2) is 18.3 Å². The third kappa shape index (κ3) is 3.88. The molecule has 0 aliphatic rings. The maximum atomic E-state index is 11.4. The van der Waals surface area contributed by atoms with Crippen molar-refractivity contribution in [2.75, 3.05) is 0 Å². The van der Waals surface area contributed by atoms with Gasteiger partial charge in [0.15, 0.2) is 6.10 Å². The molecular weight excluding hydrogens is 220 g/mol. The minimum atomic E-state index is -0.632. The molecule has 1 amide bonds. The number of rotatable bonds is 6. The summed E-state index contributed by atoms with van der Waals surface area (Å²) in [5.41, 5.74) is 2.57. The summed E-state index contributed by atoms with van der Waals surface area (Å²) in [7, 11) is 0. The second kappa shape index (κ2) is 6.65. The van der Waals surface area contributed by atoms with Crippen molar-refractivity contribution in [3.63, 3.8) is 0 Å². The number of hydrogen-bond acceptors (Lipinski definition) is 4. The van der Waals surface area contributed by atoms with Crippen LogP contribution in [0.4, 0.5) is 0 Å². The molecule has 92 valence electrons. The Morgan fingerprint density at radius 1 is 1.59 bits per heavy atom. The van der Waals surface area contributed by atoms with Crippen LogP contribution in [-0.2, 0) is 4.79 Å². The SMILES string of the molecule is CCCC(Oc1cccc(C=O)c1)C(=O)NN. The smallest absolute Gasteiger partial charge is 0.274 e. The standard InChI is InChI=1S/C12H16N2O3/c1-2-4-11(12(16)14-13)17-10-6-3-5-9(7-10)8-15/h3,5-8,11H,2,4,13H2,1H3,(H,14,16). The Balaban J connectivity index is 2.77. The number of hydrazine groups is 1. The Hall–Kier alpha value is -1.88. The monoisotopic (exact) mass is 236 g/mol. The second-order valence-electron chi connectivity index (χ2n) is 3.59. The Morgan fingerprint density at radius 2 is 2.35 bits per heavy atom. The topological polar surface area (TPSA) is 81.4 Å². The number of carbonyl (C=O) groups excluding carboxylic acids is 2. The Labute approximate surface area is 99.9 Å². The molecule has 0 aliphatic carbocycles. The van der Waals surface area contributed by atoms with Gasteiger partial charge in [-0.3, -0.25) is 15.0 Å². The van der Waals surface area contributed by atoms with Crippen molar-refractivity contribution in [1.82, 2.24) is 5.43 Å². The molecule has 1 unspecified atom stereocenters. The van der Waals surface area contributed by atoms with Crippen LogP contribution in [0.3, 0.4) is 0 Å². The maximum absolute atomic E-state index is 11.4. The highest BCUT2D eigenvalue weighted by Crippen LogP contribution is 2.15. The van der Waals surface area contributed by atoms with Gasteiger partial charge in [0, 0.05) is 5.56 Å². The van der Waals surface area contributed by atoms with Gasteiger partial charge in [-0.05, 0) is 18.6 Å². The molecule has 1 atom stereocenters. The van der Waals surface area contributed by atoms with Crippen LogP contribution >= 0.6 is 0 Å². The lowest BCUT2D eigenvalue weighted by Gasteiger charge is -2.16. The fourth-order valence-electron chi connectivity index (χ4n) is 1.42. The molecule has 3 N–H and O–H groups in total. The number of nitrogens with one attached hydrogen (secondary N) is 1. The number of hydrogen-bond donors (Lipinski definition) is 2. The van der Waals surface area contributed by atoms with E-state index in [0.717, 1.165) is 12.7 Å². The van der Waals surface area contributed by atoms with Gasteiger partial charge in [0.25, 0.3) is 5.91 Å². The molecule has 0 radical (unpaired) electrons. The fourth-order valence-corrected chi connectivity index (χ4v) is 1.42. The first-order chi connectivity index (χ1) is 8.21. The molecule has 1 rings (SSSR count). The predicted octanol–water partition coefficient (Wildman–Crippen LogP) is 1.04. The van der Waals surface area contributed by atoms with Crippen LogP contribution < -0.4 is 16.0 Å². The van der Waals surface area contributed by atoms with Crippen LogP contribution in [0.2, 0.25) is 0 Å². The van der Waals surface area contributed by atoms with Crippen molar-refractivity contribution in [1.29, 1.82) is 0 Å². The summed E-state index contributed by atoms with van der Waals surface area (Å²) in [4.78, 5) is 22.0. The Kier molecular flexibility index (Phi) is 5.16. The van der Waals surface area contributed by atoms with E-state index in [-0.39, 0.29) is 5.91 Å². The lowest BCUT2D eigenvalue weighted by atomic mass is 10.2. The summed E-state index contributed by atoms with van der Waals surface area (Å²) in [5, 5.41) is 0. The van der Waals surface area contributed by atoms with E-state index in [1.54, 1.807) is 24.3 Å². The van der Waals surface area contributed by atoms with E-state index in [9.17, 15) is 9.59 Å². The summed E-state index contributed by atoms with van der Waals surface area (Å²) >= 11 is 0. The van der Waals surface area contributed by atoms with E-state index in [1.165, 1.54) is 0 Å². The lowest BCUT2D eigenvalue weighted by Crippen LogP contribution is -2.42. The van der Waals surface area contributed by atoms with Gasteiger partial charge >= 0.3 is 0 Å². The van der Waals surface area contributed by atoms with Crippen molar-refractivity contribution in [3.05, 3.63) is 29.8 Å². The van der Waals surface area contributed by atoms with E-state index in [4.69, 9.17) is 10.6 Å². The minimum Gasteiger partial charge on any atom is -0.481 e. The Morgan fingerprint density at radius 3 is 2.94 bits per heavy atom. The molecule has 0 aliphatic heterocycles. The molecule has 0 saturated carbocycles. The van der Waals surface area contributed by atoms with E-state index < -0.39 is 6.10 Å². The van der Waals surface area contributed by atoms with Crippen molar-refractivity contribution >= 4 is 12.2 Å². The maximum Gasteiger partial charge on any atom is 0.274 e. The third-order valence-electron chi connectivity index (χ3n) is 2.26. The molecule has 0 fully saturated rings. The molecule has 0 aromatic heterocycles. The van der Waals surface area contributed by atoms with Gasteiger partial charge in [0.1, 0.15) is 12.0 Å². The average Bonchev–Trinajstić information content (AvgIpc) is 2.37. The highest BCUT2D eigenvalue weighted by molar-refractivity contribution is 5.80. The van der Waals surface area contributed by atoms with Gasteiger partial charge in [-0.1, -0.05) is 25.5 Å². The van der Waals surface area contributed by atoms with E-state index in [1.807, 2.05) is 6.92 Å². The van der Waals surface area contributed by atoms with Gasteiger partial charge in [-0.15, -0.1) is 0 Å². The zero-order chi connectivity index (χ0) is 12.7. The van der Waals surface area contributed by atoms with Crippen molar-refractivity contribution < 1.29 is 14.3 Å². The van der Waals surface area contributed by atoms with Gasteiger partial charge < -0.3 is 4.74 Å². The third-order valence-corrected chi connectivity index (χ3v) is 2.26. The number of amides is 1. The van der Waals surface area contributed by atoms with Crippen molar-refractivity contribution in [2.24, 2.45) is 5.84 Å². The lowest BCUT2D eigenvalue weighted by molar-refractivity contribution is -0.128. The van der Waals surface area contributed by atoms with E-state index in [2.05, 4.69) is 5.43 Å². The van der Waals surface area contributed by atoms with Crippen LogP contribution in [0.1, 0.15) is 30.1 Å². The normalized spacial score (nSPS) is 11.6. The molecule has 17 heavy (non-hydrogen) atoms.